The number of thiazole rings is 1. The summed E-state index contributed by atoms with van der Waals surface area (Å²) >= 11 is 4.39. The van der Waals surface area contributed by atoms with Gasteiger partial charge in [0.15, 0.2) is 3.92 Å². The molecule has 0 saturated heterocycles. The number of unbranched alkanes of at least 4 members (excludes halogenated alkanes) is 2. The summed E-state index contributed by atoms with van der Waals surface area (Å²) in [6.07, 6.45) is 4.02. The van der Waals surface area contributed by atoms with Crippen molar-refractivity contribution in [3.63, 3.8) is 0 Å². The number of carboxylic acids is 1. The van der Waals surface area contributed by atoms with Gasteiger partial charge in [-0.1, -0.05) is 31.1 Å². The second kappa shape index (κ2) is 5.46. The van der Waals surface area contributed by atoms with Crippen LogP contribution in [0.3, 0.4) is 0 Å². The molecule has 1 aromatic rings. The van der Waals surface area contributed by atoms with Crippen LogP contribution in [0.25, 0.3) is 0 Å². The third kappa shape index (κ3) is 3.06. The number of hydrogen-bond acceptors (Lipinski definition) is 3. The van der Waals surface area contributed by atoms with Gasteiger partial charge in [0.2, 0.25) is 0 Å². The van der Waals surface area contributed by atoms with Crippen LogP contribution in [-0.2, 0) is 6.42 Å². The average molecular weight is 278 g/mol. The van der Waals surface area contributed by atoms with Gasteiger partial charge in [0.05, 0.1) is 5.69 Å². The summed E-state index contributed by atoms with van der Waals surface area (Å²) in [6.45, 7) is 2.12. The summed E-state index contributed by atoms with van der Waals surface area (Å²) in [6, 6.07) is 0. The molecule has 1 heterocycles. The fourth-order valence-electron chi connectivity index (χ4n) is 1.20. The smallest absolute Gasteiger partial charge is 0.347 e. The molecule has 78 valence electrons. The Bertz CT molecular complexity index is 325. The van der Waals surface area contributed by atoms with Crippen molar-refractivity contribution in [3.8, 4) is 0 Å². The number of hydrogen-bond donors (Lipinski definition) is 1. The fraction of sp³-hybridized carbons (Fsp3) is 0.556. The molecular weight excluding hydrogens is 266 g/mol. The van der Waals surface area contributed by atoms with Crippen molar-refractivity contribution in [3.05, 3.63) is 14.5 Å². The summed E-state index contributed by atoms with van der Waals surface area (Å²) in [5.41, 5.74) is 0.711. The van der Waals surface area contributed by atoms with Crippen molar-refractivity contribution < 1.29 is 9.90 Å². The van der Waals surface area contributed by atoms with Crippen molar-refractivity contribution in [1.29, 1.82) is 0 Å². The molecule has 0 aromatic carbocycles. The minimum atomic E-state index is -0.875. The first-order valence-corrected chi connectivity index (χ1v) is 6.14. The minimum absolute atomic E-state index is 0.368. The predicted molar refractivity (Wildman–Crippen MR) is 60.0 cm³/mol. The maximum atomic E-state index is 10.8. The van der Waals surface area contributed by atoms with E-state index in [9.17, 15) is 4.79 Å². The Balaban J connectivity index is 2.69. The van der Waals surface area contributed by atoms with Crippen LogP contribution in [0.2, 0.25) is 0 Å². The molecule has 0 fully saturated rings. The molecular formula is C9H12BrNO2S. The molecule has 1 aromatic heterocycles. The lowest BCUT2D eigenvalue weighted by Crippen LogP contribution is -1.98. The van der Waals surface area contributed by atoms with Crippen LogP contribution in [0.4, 0.5) is 0 Å². The van der Waals surface area contributed by atoms with Gasteiger partial charge >= 0.3 is 5.97 Å². The molecule has 0 aliphatic heterocycles. The molecule has 1 N–H and O–H groups in total. The van der Waals surface area contributed by atoms with Crippen LogP contribution in [0.15, 0.2) is 3.92 Å². The monoisotopic (exact) mass is 277 g/mol. The first kappa shape index (κ1) is 11.7. The summed E-state index contributed by atoms with van der Waals surface area (Å²) in [5.74, 6) is -0.875. The number of rotatable bonds is 5. The number of aryl methyl sites for hydroxylation is 1. The molecule has 0 spiro atoms. The molecule has 0 unspecified atom stereocenters. The standard InChI is InChI=1S/C9H12BrNO2S/c1-2-3-4-5-6-7(8(12)13)14-9(10)11-6/h2-5H2,1H3,(H,12,13). The van der Waals surface area contributed by atoms with Crippen molar-refractivity contribution in [1.82, 2.24) is 4.98 Å². The van der Waals surface area contributed by atoms with E-state index in [0.29, 0.717) is 14.5 Å². The third-order valence-corrected chi connectivity index (χ3v) is 3.42. The van der Waals surface area contributed by atoms with Crippen LogP contribution in [0, 0.1) is 0 Å². The van der Waals surface area contributed by atoms with Crippen LogP contribution in [0.5, 0.6) is 0 Å². The highest BCUT2D eigenvalue weighted by Crippen LogP contribution is 2.24. The van der Waals surface area contributed by atoms with Crippen LogP contribution < -0.4 is 0 Å². The quantitative estimate of drug-likeness (QED) is 0.840. The van der Waals surface area contributed by atoms with E-state index in [1.165, 1.54) is 11.3 Å². The molecule has 0 aliphatic rings. The number of nitrogens with zero attached hydrogens (tertiary/aromatic N) is 1. The Hall–Kier alpha value is -0.420. The minimum Gasteiger partial charge on any atom is -0.477 e. The Kier molecular flexibility index (Phi) is 4.54. The highest BCUT2D eigenvalue weighted by molar-refractivity contribution is 9.11. The molecule has 0 bridgehead atoms. The molecule has 0 aliphatic carbocycles. The molecule has 5 heteroatoms. The van der Waals surface area contributed by atoms with Gasteiger partial charge in [-0.3, -0.25) is 0 Å². The highest BCUT2D eigenvalue weighted by Gasteiger charge is 2.15. The van der Waals surface area contributed by atoms with Gasteiger partial charge in [0, 0.05) is 0 Å². The van der Waals surface area contributed by atoms with Gasteiger partial charge in [-0.2, -0.15) is 0 Å². The topological polar surface area (TPSA) is 50.2 Å². The maximum absolute atomic E-state index is 10.8. The van der Waals surface area contributed by atoms with Crippen LogP contribution >= 0.6 is 27.3 Å². The largest absolute Gasteiger partial charge is 0.477 e. The molecule has 14 heavy (non-hydrogen) atoms. The second-order valence-electron chi connectivity index (χ2n) is 3.00. The zero-order valence-electron chi connectivity index (χ0n) is 7.92. The van der Waals surface area contributed by atoms with Crippen LogP contribution in [-0.4, -0.2) is 16.1 Å². The molecule has 1 rings (SSSR count). The Morgan fingerprint density at radius 3 is 2.86 bits per heavy atom. The summed E-state index contributed by atoms with van der Waals surface area (Å²) < 4.78 is 0.654. The van der Waals surface area contributed by atoms with E-state index < -0.39 is 5.97 Å². The van der Waals surface area contributed by atoms with Gasteiger partial charge in [-0.05, 0) is 28.8 Å². The van der Waals surface area contributed by atoms with E-state index in [2.05, 4.69) is 27.8 Å². The molecule has 0 atom stereocenters. The summed E-state index contributed by atoms with van der Waals surface area (Å²) in [4.78, 5) is 15.3. The molecule has 0 radical (unpaired) electrons. The van der Waals surface area contributed by atoms with Gasteiger partial charge in [0.1, 0.15) is 4.88 Å². The number of carbonyl (C=O) groups is 1. The Morgan fingerprint density at radius 1 is 1.57 bits per heavy atom. The first-order valence-electron chi connectivity index (χ1n) is 4.53. The number of aromatic carboxylic acids is 1. The third-order valence-electron chi connectivity index (χ3n) is 1.88. The maximum Gasteiger partial charge on any atom is 0.347 e. The van der Waals surface area contributed by atoms with Crippen molar-refractivity contribution in [2.45, 2.75) is 32.6 Å². The van der Waals surface area contributed by atoms with Gasteiger partial charge < -0.3 is 5.11 Å². The number of halogens is 1. The lowest BCUT2D eigenvalue weighted by molar-refractivity contribution is 0.0700. The van der Waals surface area contributed by atoms with E-state index in [4.69, 9.17) is 5.11 Å². The van der Waals surface area contributed by atoms with E-state index in [1.54, 1.807) is 0 Å². The second-order valence-corrected chi connectivity index (χ2v) is 5.28. The Morgan fingerprint density at radius 2 is 2.29 bits per heavy atom. The van der Waals surface area contributed by atoms with E-state index in [1.807, 2.05) is 0 Å². The van der Waals surface area contributed by atoms with Crippen molar-refractivity contribution in [2.75, 3.05) is 0 Å². The van der Waals surface area contributed by atoms with Gasteiger partial charge in [-0.25, -0.2) is 9.78 Å². The highest BCUT2D eigenvalue weighted by atomic mass is 79.9. The lowest BCUT2D eigenvalue weighted by Gasteiger charge is -1.96. The normalized spacial score (nSPS) is 10.4. The van der Waals surface area contributed by atoms with Crippen LogP contribution in [0.1, 0.15) is 41.6 Å². The van der Waals surface area contributed by atoms with E-state index >= 15 is 0 Å². The zero-order valence-corrected chi connectivity index (χ0v) is 10.3. The molecule has 0 saturated carbocycles. The lowest BCUT2D eigenvalue weighted by atomic mass is 10.1. The van der Waals surface area contributed by atoms with Gasteiger partial charge in [-0.15, -0.1) is 0 Å². The molecule has 0 amide bonds. The van der Waals surface area contributed by atoms with E-state index in [-0.39, 0.29) is 0 Å². The number of carboxylic acid groups (broad SMARTS) is 1. The number of aromatic nitrogens is 1. The SMILES string of the molecule is CCCCCc1nc(Br)sc1C(=O)O. The van der Waals surface area contributed by atoms with Gasteiger partial charge in [0.25, 0.3) is 0 Å². The predicted octanol–water partition coefficient (Wildman–Crippen LogP) is 3.34. The first-order chi connectivity index (χ1) is 6.65. The van der Waals surface area contributed by atoms with Crippen molar-refractivity contribution in [2.24, 2.45) is 0 Å². The summed E-state index contributed by atoms with van der Waals surface area (Å²) in [5, 5.41) is 8.89. The van der Waals surface area contributed by atoms with Crippen molar-refractivity contribution >= 4 is 33.2 Å². The Labute approximate surface area is 95.3 Å². The molecule has 3 nitrogen and oxygen atoms in total. The average Bonchev–Trinajstić information content (AvgIpc) is 2.47. The fourth-order valence-corrected chi connectivity index (χ4v) is 2.58. The zero-order chi connectivity index (χ0) is 10.6. The van der Waals surface area contributed by atoms with E-state index in [0.717, 1.165) is 25.7 Å². The summed E-state index contributed by atoms with van der Waals surface area (Å²) in [7, 11) is 0.